The Balaban J connectivity index is 0.000000177. The lowest BCUT2D eigenvalue weighted by Crippen LogP contribution is -2.51. The van der Waals surface area contributed by atoms with E-state index in [2.05, 4.69) is 27.5 Å². The van der Waals surface area contributed by atoms with Crippen molar-refractivity contribution in [2.24, 2.45) is 23.7 Å². The maximum Gasteiger partial charge on any atom is 0.168 e. The fourth-order valence-corrected chi connectivity index (χ4v) is 9.79. The molecule has 0 bridgehead atoms. The predicted octanol–water partition coefficient (Wildman–Crippen LogP) is 6.25. The molecule has 0 radical (unpaired) electrons. The van der Waals surface area contributed by atoms with Crippen LogP contribution in [0.25, 0.3) is 0 Å². The number of rotatable bonds is 10. The van der Waals surface area contributed by atoms with Crippen molar-refractivity contribution in [1.82, 2.24) is 20.4 Å². The molecule has 7 rings (SSSR count). The topological polar surface area (TPSA) is 66.1 Å². The van der Waals surface area contributed by atoms with Gasteiger partial charge in [0.15, 0.2) is 5.79 Å². The molecule has 3 aliphatic heterocycles. The minimum Gasteiger partial charge on any atom is -0.348 e. The first-order valence-corrected chi connectivity index (χ1v) is 19.9. The van der Waals surface area contributed by atoms with E-state index in [1.54, 1.807) is 24.3 Å². The molecule has 6 atom stereocenters. The quantitative estimate of drug-likeness (QED) is 0.303. The summed E-state index contributed by atoms with van der Waals surface area (Å²) in [7, 11) is 4.10. The third kappa shape index (κ3) is 11.1. The van der Waals surface area contributed by atoms with E-state index >= 15 is 0 Å². The van der Waals surface area contributed by atoms with E-state index in [0.29, 0.717) is 41.5 Å². The molecule has 0 unspecified atom stereocenters. The molecular weight excluding hydrogens is 646 g/mol. The van der Waals surface area contributed by atoms with E-state index in [4.69, 9.17) is 9.47 Å². The van der Waals surface area contributed by atoms with Crippen molar-refractivity contribution in [3.63, 3.8) is 0 Å². The monoisotopic (exact) mass is 708 g/mol. The number of nitrogens with one attached hydrogen (secondary N) is 2. The van der Waals surface area contributed by atoms with Gasteiger partial charge in [0, 0.05) is 63.9 Å². The highest BCUT2D eigenvalue weighted by Gasteiger charge is 2.45. The Morgan fingerprint density at radius 3 is 1.76 bits per heavy atom. The van der Waals surface area contributed by atoms with Gasteiger partial charge in [0.05, 0.1) is 13.2 Å². The number of ether oxygens (including phenoxy) is 2. The Bertz CT molecular complexity index is 1350. The van der Waals surface area contributed by atoms with Gasteiger partial charge < -0.3 is 29.9 Å². The van der Waals surface area contributed by atoms with Crippen molar-refractivity contribution in [1.29, 1.82) is 0 Å². The highest BCUT2D eigenvalue weighted by molar-refractivity contribution is 5.79. The first kappa shape index (κ1) is 38.5. The Kier molecular flexibility index (Phi) is 14.1. The second-order valence-corrected chi connectivity index (χ2v) is 16.1. The van der Waals surface area contributed by atoms with Crippen LogP contribution in [-0.2, 0) is 27.1 Å². The number of hydrogen-bond donors (Lipinski definition) is 2. The molecule has 2 aromatic rings. The SMILES string of the molecule is CN[C@@H]1CCC(=O)C[C@H]1CN1CCC[C@@H](Cc2ccc(F)cc2)C1.CN[C@@H]1CCC2(C[C@H]1CN1CCC[C@@H](Cc3ccc(F)cc3)C1)OCCO2. The number of likely N-dealkylation sites (tertiary alicyclic amines) is 2. The van der Waals surface area contributed by atoms with Crippen molar-refractivity contribution in [2.45, 2.75) is 94.9 Å². The minimum absolute atomic E-state index is 0.148. The second-order valence-electron chi connectivity index (χ2n) is 16.1. The smallest absolute Gasteiger partial charge is 0.168 e. The van der Waals surface area contributed by atoms with Crippen molar-refractivity contribution in [2.75, 3.05) is 66.6 Å². The molecule has 3 saturated heterocycles. The van der Waals surface area contributed by atoms with Gasteiger partial charge >= 0.3 is 0 Å². The molecule has 9 heteroatoms. The van der Waals surface area contributed by atoms with E-state index in [1.165, 1.54) is 43.4 Å². The molecule has 1 spiro atoms. The van der Waals surface area contributed by atoms with Crippen LogP contribution < -0.4 is 10.6 Å². The summed E-state index contributed by atoms with van der Waals surface area (Å²) in [5, 5.41) is 6.94. The average molecular weight is 709 g/mol. The fraction of sp³-hybridized carbons (Fsp3) is 0.690. The molecule has 2 aliphatic carbocycles. The molecule has 2 N–H and O–H groups in total. The van der Waals surface area contributed by atoms with Gasteiger partial charge in [-0.1, -0.05) is 24.3 Å². The van der Waals surface area contributed by atoms with Crippen LogP contribution in [0.4, 0.5) is 8.78 Å². The first-order chi connectivity index (χ1) is 24.8. The number of carbonyl (C=O) groups excluding carboxylic acids is 1. The van der Waals surface area contributed by atoms with Gasteiger partial charge in [-0.15, -0.1) is 0 Å². The fourth-order valence-electron chi connectivity index (χ4n) is 9.79. The van der Waals surface area contributed by atoms with E-state index in [0.717, 1.165) is 97.3 Å². The number of hydrogen-bond acceptors (Lipinski definition) is 7. The highest BCUT2D eigenvalue weighted by Crippen LogP contribution is 2.39. The van der Waals surface area contributed by atoms with Gasteiger partial charge in [-0.25, -0.2) is 8.78 Å². The van der Waals surface area contributed by atoms with Crippen LogP contribution in [0.2, 0.25) is 0 Å². The largest absolute Gasteiger partial charge is 0.348 e. The number of piperidine rings is 2. The van der Waals surface area contributed by atoms with Gasteiger partial charge in [-0.05, 0) is 138 Å². The van der Waals surface area contributed by atoms with E-state index in [9.17, 15) is 13.6 Å². The number of ketones is 1. The van der Waals surface area contributed by atoms with Crippen molar-refractivity contribution in [3.05, 3.63) is 71.3 Å². The summed E-state index contributed by atoms with van der Waals surface area (Å²) in [5.74, 6) is 2.10. The summed E-state index contributed by atoms with van der Waals surface area (Å²) in [5.41, 5.74) is 2.48. The zero-order valence-electron chi connectivity index (χ0n) is 31.1. The number of nitrogens with zero attached hydrogens (tertiary/aromatic N) is 2. The molecule has 3 heterocycles. The summed E-state index contributed by atoms with van der Waals surface area (Å²) < 4.78 is 38.2. The molecular formula is C42H62F2N4O3. The summed E-state index contributed by atoms with van der Waals surface area (Å²) in [6.45, 7) is 8.16. The molecule has 7 nitrogen and oxygen atoms in total. The van der Waals surface area contributed by atoms with Gasteiger partial charge in [0.25, 0.3) is 0 Å². The van der Waals surface area contributed by atoms with Crippen LogP contribution in [0.1, 0.15) is 75.3 Å². The second kappa shape index (κ2) is 18.7. The molecule has 5 fully saturated rings. The zero-order valence-corrected chi connectivity index (χ0v) is 31.1. The number of Topliss-reactive ketones (excluding diaryl/α,β-unsaturated/α-hetero) is 1. The van der Waals surface area contributed by atoms with Gasteiger partial charge in [0.1, 0.15) is 17.4 Å². The number of benzene rings is 2. The summed E-state index contributed by atoms with van der Waals surface area (Å²) >= 11 is 0. The van der Waals surface area contributed by atoms with Crippen LogP contribution in [0, 0.1) is 35.3 Å². The molecule has 282 valence electrons. The van der Waals surface area contributed by atoms with Crippen molar-refractivity contribution >= 4 is 5.78 Å². The number of halogens is 2. The highest BCUT2D eigenvalue weighted by atomic mass is 19.1. The zero-order chi connectivity index (χ0) is 35.6. The Labute approximate surface area is 305 Å². The molecule has 0 amide bonds. The summed E-state index contributed by atoms with van der Waals surface area (Å²) in [4.78, 5) is 17.0. The first-order valence-electron chi connectivity index (χ1n) is 19.9. The molecule has 0 aromatic heterocycles. The van der Waals surface area contributed by atoms with Crippen LogP contribution >= 0.6 is 0 Å². The normalized spacial score (nSPS) is 30.2. The standard InChI is InChI=1S/C22H33FN2O2.C20H29FN2O/c1-24-21-8-9-22(26-11-12-27-22)14-19(21)16-25-10-2-3-18(15-25)13-17-4-6-20(23)7-5-17;1-22-20-9-8-19(24)12-17(20)14-23-10-2-3-16(13-23)11-15-4-6-18(21)7-5-15/h4-7,18-19,21,24H,2-3,8-16H2,1H3;4-7,16-17,20,22H,2-3,8-14H2,1H3/t18-,19-,21+;16-,17-,20+/m00/s1. The lowest BCUT2D eigenvalue weighted by atomic mass is 9.79. The van der Waals surface area contributed by atoms with Crippen molar-refractivity contribution < 1.29 is 23.0 Å². The van der Waals surface area contributed by atoms with Crippen LogP contribution in [0.5, 0.6) is 0 Å². The lowest BCUT2D eigenvalue weighted by molar-refractivity contribution is -0.192. The Morgan fingerprint density at radius 2 is 1.24 bits per heavy atom. The average Bonchev–Trinajstić information content (AvgIpc) is 3.58. The van der Waals surface area contributed by atoms with Crippen LogP contribution in [0.15, 0.2) is 48.5 Å². The van der Waals surface area contributed by atoms with Gasteiger partial charge in [-0.2, -0.15) is 0 Å². The van der Waals surface area contributed by atoms with E-state index in [-0.39, 0.29) is 17.4 Å². The van der Waals surface area contributed by atoms with Crippen LogP contribution in [0.3, 0.4) is 0 Å². The van der Waals surface area contributed by atoms with Crippen LogP contribution in [-0.4, -0.2) is 100 Å². The van der Waals surface area contributed by atoms with Crippen molar-refractivity contribution in [3.8, 4) is 0 Å². The maximum atomic E-state index is 13.1. The summed E-state index contributed by atoms with van der Waals surface area (Å²) in [6, 6.07) is 15.0. The molecule has 5 aliphatic rings. The third-order valence-corrected chi connectivity index (χ3v) is 12.4. The predicted molar refractivity (Wildman–Crippen MR) is 199 cm³/mol. The third-order valence-electron chi connectivity index (χ3n) is 12.4. The Morgan fingerprint density at radius 1 is 0.725 bits per heavy atom. The summed E-state index contributed by atoms with van der Waals surface area (Å²) in [6.07, 6.45) is 12.6. The molecule has 2 saturated carbocycles. The maximum absolute atomic E-state index is 13.1. The Hall–Kier alpha value is -2.27. The minimum atomic E-state index is -0.318. The van der Waals surface area contributed by atoms with E-state index < -0.39 is 0 Å². The molecule has 51 heavy (non-hydrogen) atoms. The number of carbonyl (C=O) groups is 1. The van der Waals surface area contributed by atoms with E-state index in [1.807, 2.05) is 31.3 Å². The van der Waals surface area contributed by atoms with Gasteiger partial charge in [0.2, 0.25) is 0 Å². The van der Waals surface area contributed by atoms with Gasteiger partial charge in [-0.3, -0.25) is 4.79 Å². The molecule has 2 aromatic carbocycles. The lowest BCUT2D eigenvalue weighted by Gasteiger charge is -2.44.